The van der Waals surface area contributed by atoms with Gasteiger partial charge in [-0.3, -0.25) is 0 Å². The third-order valence-corrected chi connectivity index (χ3v) is 8.81. The number of esters is 1. The maximum Gasteiger partial charge on any atom is 0.334 e. The first-order chi connectivity index (χ1) is 23.1. The molecule has 49 heavy (non-hydrogen) atoms. The van der Waals surface area contributed by atoms with E-state index in [2.05, 4.69) is 0 Å². The minimum Gasteiger partial charge on any atom is -0.458 e. The molecule has 1 saturated heterocycles. The van der Waals surface area contributed by atoms with Crippen LogP contribution in [0.1, 0.15) is 85.5 Å². The van der Waals surface area contributed by atoms with Crippen LogP contribution in [-0.2, 0) is 14.3 Å². The fourth-order valence-electron chi connectivity index (χ4n) is 6.23. The van der Waals surface area contributed by atoms with Crippen LogP contribution in [0, 0.1) is 11.8 Å². The summed E-state index contributed by atoms with van der Waals surface area (Å²) in [5.74, 6) is -2.88. The molecule has 0 aliphatic carbocycles. The normalized spacial score (nSPS) is 41.9. The van der Waals surface area contributed by atoms with Gasteiger partial charge in [0.2, 0.25) is 0 Å². The first kappa shape index (κ1) is 42.7. The van der Waals surface area contributed by atoms with Crippen molar-refractivity contribution >= 4 is 5.97 Å². The van der Waals surface area contributed by atoms with Gasteiger partial charge in [-0.05, 0) is 44.9 Å². The summed E-state index contributed by atoms with van der Waals surface area (Å²) in [5, 5.41) is 84.6. The van der Waals surface area contributed by atoms with Gasteiger partial charge in [0.15, 0.2) is 5.79 Å². The van der Waals surface area contributed by atoms with Crippen LogP contribution in [-0.4, -0.2) is 108 Å². The molecule has 0 radical (unpaired) electrons. The highest BCUT2D eigenvalue weighted by molar-refractivity contribution is 5.88. The minimum atomic E-state index is -1.76. The zero-order valence-electron chi connectivity index (χ0n) is 29.4. The predicted molar refractivity (Wildman–Crippen MR) is 187 cm³/mol. The van der Waals surface area contributed by atoms with E-state index in [0.29, 0.717) is 18.4 Å². The summed E-state index contributed by atoms with van der Waals surface area (Å²) in [6.07, 6.45) is 11.0. The van der Waals surface area contributed by atoms with Crippen LogP contribution in [0.5, 0.6) is 0 Å². The van der Waals surface area contributed by atoms with Gasteiger partial charge < -0.3 is 50.3 Å². The summed E-state index contributed by atoms with van der Waals surface area (Å²) in [6, 6.07) is 0. The molecule has 11 nitrogen and oxygen atoms in total. The largest absolute Gasteiger partial charge is 0.458 e. The van der Waals surface area contributed by atoms with E-state index in [0.717, 1.165) is 0 Å². The third-order valence-electron chi connectivity index (χ3n) is 8.81. The van der Waals surface area contributed by atoms with E-state index in [9.17, 15) is 45.6 Å². The molecular formula is C38H60O11. The summed E-state index contributed by atoms with van der Waals surface area (Å²) < 4.78 is 11.6. The third kappa shape index (κ3) is 16.9. The van der Waals surface area contributed by atoms with E-state index in [4.69, 9.17) is 9.47 Å². The van der Waals surface area contributed by atoms with E-state index >= 15 is 0 Å². The van der Waals surface area contributed by atoms with Crippen LogP contribution in [0.2, 0.25) is 0 Å². The number of hydrogen-bond acceptors (Lipinski definition) is 11. The van der Waals surface area contributed by atoms with E-state index in [1.807, 2.05) is 44.2 Å². The number of cyclic esters (lactones) is 1. The highest BCUT2D eigenvalue weighted by atomic mass is 16.6. The van der Waals surface area contributed by atoms with Crippen LogP contribution >= 0.6 is 0 Å². The van der Waals surface area contributed by atoms with Crippen molar-refractivity contribution in [3.05, 3.63) is 72.4 Å². The second kappa shape index (κ2) is 21.7. The molecule has 11 atom stereocenters. The number of ether oxygens (including phenoxy) is 2. The molecule has 1 fully saturated rings. The quantitative estimate of drug-likeness (QED) is 0.149. The van der Waals surface area contributed by atoms with Gasteiger partial charge in [-0.2, -0.15) is 0 Å². The van der Waals surface area contributed by atoms with Gasteiger partial charge in [0.05, 0.1) is 48.8 Å². The van der Waals surface area contributed by atoms with Gasteiger partial charge in [0, 0.05) is 37.2 Å². The molecule has 0 amide bonds. The fraction of sp³-hybridized carbons (Fsp3) is 0.658. The molecular weight excluding hydrogens is 632 g/mol. The Bertz CT molecular complexity index is 1160. The number of fused-ring (bicyclic) bond motifs is 2. The maximum absolute atomic E-state index is 12.8. The Morgan fingerprint density at radius 3 is 1.94 bits per heavy atom. The second-order valence-electron chi connectivity index (χ2n) is 14.0. The van der Waals surface area contributed by atoms with Gasteiger partial charge in [0.1, 0.15) is 6.10 Å². The van der Waals surface area contributed by atoms with Gasteiger partial charge in [-0.1, -0.05) is 87.6 Å². The number of aliphatic hydroxyl groups is 8. The molecule has 278 valence electrons. The fourth-order valence-corrected chi connectivity index (χ4v) is 6.23. The molecule has 0 unspecified atom stereocenters. The topological polar surface area (TPSA) is 197 Å². The lowest BCUT2D eigenvalue weighted by Crippen LogP contribution is -2.48. The number of hydrogen-bond donors (Lipinski definition) is 8. The molecule has 2 rings (SSSR count). The Morgan fingerprint density at radius 2 is 1.29 bits per heavy atom. The van der Waals surface area contributed by atoms with E-state index in [1.54, 1.807) is 38.2 Å². The van der Waals surface area contributed by atoms with Crippen molar-refractivity contribution in [1.29, 1.82) is 0 Å². The van der Waals surface area contributed by atoms with Crippen LogP contribution in [0.4, 0.5) is 0 Å². The van der Waals surface area contributed by atoms with E-state index in [-0.39, 0.29) is 50.9 Å². The molecule has 2 bridgehead atoms. The smallest absolute Gasteiger partial charge is 0.334 e. The molecule has 0 aromatic rings. The Kier molecular flexibility index (Phi) is 18.9. The number of carbonyl (C=O) groups excluding carboxylic acids is 1. The lowest BCUT2D eigenvalue weighted by atomic mass is 9.86. The summed E-state index contributed by atoms with van der Waals surface area (Å²) in [6.45, 7) is 7.15. The van der Waals surface area contributed by atoms with Crippen LogP contribution in [0.25, 0.3) is 0 Å². The Hall–Kier alpha value is -2.45. The molecule has 0 saturated carbocycles. The summed E-state index contributed by atoms with van der Waals surface area (Å²) in [7, 11) is 0. The number of aliphatic hydroxyl groups excluding tert-OH is 7. The molecule has 8 N–H and O–H groups in total. The van der Waals surface area contributed by atoms with Crippen molar-refractivity contribution in [1.82, 2.24) is 0 Å². The van der Waals surface area contributed by atoms with Crippen LogP contribution in [0.15, 0.2) is 72.4 Å². The van der Waals surface area contributed by atoms with Gasteiger partial charge in [-0.25, -0.2) is 4.79 Å². The zero-order chi connectivity index (χ0) is 36.6. The van der Waals surface area contributed by atoms with Crippen LogP contribution in [0.3, 0.4) is 0 Å². The average molecular weight is 693 g/mol. The lowest BCUT2D eigenvalue weighted by Gasteiger charge is -2.40. The molecule has 2 heterocycles. The van der Waals surface area contributed by atoms with Gasteiger partial charge in [0.25, 0.3) is 0 Å². The minimum absolute atomic E-state index is 0.0484. The predicted octanol–water partition coefficient (Wildman–Crippen LogP) is 3.06. The zero-order valence-corrected chi connectivity index (χ0v) is 29.4. The summed E-state index contributed by atoms with van der Waals surface area (Å²) >= 11 is 0. The standard InChI is InChI=1S/C38H60O11/c1-25(2)36-27(4)35(45)22-31(42)20-30(41)18-28(39)15-13-16-29(40)19-32(43)23-38(47)24-33(44)21-34(49-38)17-12-10-8-6-5-7-9-11-14-26(3)37(46)48-36/h5-14,16,25,27-36,39-45,47H,15,17-24H2,1-4H3/b7-5-,8-6-,11-9-,12-10-,16-13-,26-14-/t27-,28+,29-,30+,31-,32+,33-,34+,35-,36-,38-/m0/s1. The Morgan fingerprint density at radius 1 is 0.714 bits per heavy atom. The van der Waals surface area contributed by atoms with E-state index < -0.39 is 72.6 Å². The number of allylic oxidation sites excluding steroid dienone is 8. The number of rotatable bonds is 1. The van der Waals surface area contributed by atoms with E-state index in [1.165, 1.54) is 12.2 Å². The van der Waals surface area contributed by atoms with Gasteiger partial charge >= 0.3 is 5.97 Å². The highest BCUT2D eigenvalue weighted by Crippen LogP contribution is 2.33. The number of carbonyl (C=O) groups is 1. The molecule has 2 aliphatic rings. The second-order valence-corrected chi connectivity index (χ2v) is 14.0. The van der Waals surface area contributed by atoms with Crippen molar-refractivity contribution in [3.8, 4) is 0 Å². The molecule has 11 heteroatoms. The van der Waals surface area contributed by atoms with Crippen molar-refractivity contribution in [2.45, 2.75) is 146 Å². The highest BCUT2D eigenvalue weighted by Gasteiger charge is 2.41. The van der Waals surface area contributed by atoms with Gasteiger partial charge in [-0.15, -0.1) is 0 Å². The SMILES string of the molecule is C/C1=C/C=C\C=C/C=C\C=C/C[C@@H]2C[C@H](O)C[C@](O)(C[C@H](O)C[C@@H](O)/C=C\C[C@@H](O)C[C@@H](O)C[C@H](O)C[C@H](O)[C@H](C)[C@H](C(C)C)OC1=O)O2. The van der Waals surface area contributed by atoms with Crippen molar-refractivity contribution in [2.24, 2.45) is 11.8 Å². The van der Waals surface area contributed by atoms with Crippen molar-refractivity contribution in [3.63, 3.8) is 0 Å². The monoisotopic (exact) mass is 692 g/mol. The Labute approximate surface area is 291 Å². The molecule has 0 aromatic heterocycles. The molecule has 2 aliphatic heterocycles. The summed E-state index contributed by atoms with van der Waals surface area (Å²) in [5.41, 5.74) is 0.379. The average Bonchev–Trinajstić information content (AvgIpc) is 2.98. The summed E-state index contributed by atoms with van der Waals surface area (Å²) in [4.78, 5) is 12.8. The molecule has 0 aromatic carbocycles. The van der Waals surface area contributed by atoms with Crippen molar-refractivity contribution < 1.29 is 55.1 Å². The lowest BCUT2D eigenvalue weighted by molar-refractivity contribution is -0.282. The van der Waals surface area contributed by atoms with Crippen LogP contribution < -0.4 is 0 Å². The Balaban J connectivity index is 2.17. The first-order valence-electron chi connectivity index (χ1n) is 17.5. The first-order valence-corrected chi connectivity index (χ1v) is 17.5. The maximum atomic E-state index is 12.8. The van der Waals surface area contributed by atoms with Crippen molar-refractivity contribution in [2.75, 3.05) is 0 Å². The molecule has 0 spiro atoms.